The van der Waals surface area contributed by atoms with E-state index in [4.69, 9.17) is 4.74 Å². The summed E-state index contributed by atoms with van der Waals surface area (Å²) in [6, 6.07) is 0. The van der Waals surface area contributed by atoms with Crippen molar-refractivity contribution in [3.63, 3.8) is 0 Å². The Morgan fingerprint density at radius 2 is 1.69 bits per heavy atom. The molecule has 42 heavy (non-hydrogen) atoms. The molecule has 2 heteroatoms. The Morgan fingerprint density at radius 1 is 0.929 bits per heavy atom. The topological polar surface area (TPSA) is 26.3 Å². The number of fused-ring (bicyclic) bond motifs is 5. The van der Waals surface area contributed by atoms with Gasteiger partial charge in [-0.25, -0.2) is 0 Å². The van der Waals surface area contributed by atoms with Gasteiger partial charge in [-0.2, -0.15) is 0 Å². The number of rotatable bonds is 15. The van der Waals surface area contributed by atoms with E-state index in [1.165, 1.54) is 77.0 Å². The van der Waals surface area contributed by atoms with E-state index < -0.39 is 0 Å². The lowest BCUT2D eigenvalue weighted by Crippen LogP contribution is -2.51. The maximum Gasteiger partial charge on any atom is 0.306 e. The molecule has 0 N–H and O–H groups in total. The standard InChI is InChI=1S/C40H68O2/c1-8-9-10-11-12-13-14-15-16-17-38(41)42-33-24-26-39(6)32(28-33)20-21-34-36-23-22-35(40(36,7)27-25-37(34)39)31(5)19-18-30(4)29(2)3/h9-10,20,29-31,33-37H,8,11-19,21-28H2,1-7H3/b10-9-. The van der Waals surface area contributed by atoms with Crippen molar-refractivity contribution in [1.29, 1.82) is 0 Å². The van der Waals surface area contributed by atoms with Crippen LogP contribution in [0, 0.1) is 52.3 Å². The molecule has 4 aliphatic carbocycles. The van der Waals surface area contributed by atoms with Gasteiger partial charge in [0.05, 0.1) is 0 Å². The maximum atomic E-state index is 12.7. The molecular formula is C40H68O2. The molecule has 0 saturated heterocycles. The van der Waals surface area contributed by atoms with Crippen molar-refractivity contribution < 1.29 is 9.53 Å². The fourth-order valence-electron chi connectivity index (χ4n) is 10.4. The highest BCUT2D eigenvalue weighted by Crippen LogP contribution is 2.67. The molecule has 3 fully saturated rings. The van der Waals surface area contributed by atoms with Gasteiger partial charge in [0.25, 0.3) is 0 Å². The van der Waals surface area contributed by atoms with E-state index in [1.54, 1.807) is 5.57 Å². The molecule has 9 unspecified atom stereocenters. The van der Waals surface area contributed by atoms with Crippen LogP contribution in [0.3, 0.4) is 0 Å². The first kappa shape index (κ1) is 33.8. The third-order valence-electron chi connectivity index (χ3n) is 13.5. The smallest absolute Gasteiger partial charge is 0.306 e. The van der Waals surface area contributed by atoms with Crippen LogP contribution in [0.1, 0.15) is 164 Å². The zero-order chi connectivity index (χ0) is 30.3. The molecule has 0 aromatic carbocycles. The Balaban J connectivity index is 1.25. The van der Waals surface area contributed by atoms with Crippen molar-refractivity contribution in [1.82, 2.24) is 0 Å². The predicted octanol–water partition coefficient (Wildman–Crippen LogP) is 11.9. The lowest BCUT2D eigenvalue weighted by atomic mass is 9.47. The summed E-state index contributed by atoms with van der Waals surface area (Å²) < 4.78 is 6.08. The van der Waals surface area contributed by atoms with Crippen molar-refractivity contribution >= 4 is 5.97 Å². The zero-order valence-corrected chi connectivity index (χ0v) is 28.9. The Labute approximate surface area is 261 Å². The molecule has 0 aromatic heterocycles. The van der Waals surface area contributed by atoms with Crippen LogP contribution < -0.4 is 0 Å². The van der Waals surface area contributed by atoms with Gasteiger partial charge in [-0.15, -0.1) is 0 Å². The minimum absolute atomic E-state index is 0.0473. The van der Waals surface area contributed by atoms with E-state index in [9.17, 15) is 4.79 Å². The van der Waals surface area contributed by atoms with E-state index in [0.29, 0.717) is 17.3 Å². The van der Waals surface area contributed by atoms with Crippen molar-refractivity contribution in [2.75, 3.05) is 0 Å². The molecular weight excluding hydrogens is 512 g/mol. The number of esters is 1. The van der Waals surface area contributed by atoms with Crippen LogP contribution in [0.5, 0.6) is 0 Å². The van der Waals surface area contributed by atoms with Crippen LogP contribution >= 0.6 is 0 Å². The number of carbonyl (C=O) groups is 1. The molecule has 9 atom stereocenters. The number of hydrogen-bond donors (Lipinski definition) is 0. The van der Waals surface area contributed by atoms with E-state index in [2.05, 4.69) is 66.7 Å². The molecule has 4 aliphatic rings. The minimum atomic E-state index is 0.0473. The SMILES string of the molecule is CC/C=C\CCCCCCCC(=O)OC1CCC2(C)C(=CCC3C2CCC2(C)C(C(C)CCC(C)C(C)C)CCC32)C1. The molecule has 0 radical (unpaired) electrons. The predicted molar refractivity (Wildman–Crippen MR) is 179 cm³/mol. The van der Waals surface area contributed by atoms with Crippen LogP contribution in [0.25, 0.3) is 0 Å². The highest BCUT2D eigenvalue weighted by Gasteiger charge is 2.59. The third-order valence-corrected chi connectivity index (χ3v) is 13.5. The van der Waals surface area contributed by atoms with Gasteiger partial charge in [0.1, 0.15) is 6.10 Å². The van der Waals surface area contributed by atoms with Crippen LogP contribution in [0.4, 0.5) is 0 Å². The van der Waals surface area contributed by atoms with Gasteiger partial charge in [0.15, 0.2) is 0 Å². The van der Waals surface area contributed by atoms with E-state index in [1.807, 2.05) is 0 Å². The molecule has 240 valence electrons. The normalized spacial score (nSPS) is 35.8. The van der Waals surface area contributed by atoms with Crippen LogP contribution in [0.15, 0.2) is 23.8 Å². The van der Waals surface area contributed by atoms with Gasteiger partial charge in [-0.1, -0.05) is 104 Å². The van der Waals surface area contributed by atoms with Crippen molar-refractivity contribution in [3.8, 4) is 0 Å². The Hall–Kier alpha value is -1.05. The van der Waals surface area contributed by atoms with Gasteiger partial charge in [-0.05, 0) is 123 Å². The molecule has 0 heterocycles. The fourth-order valence-corrected chi connectivity index (χ4v) is 10.4. The van der Waals surface area contributed by atoms with E-state index in [0.717, 1.165) is 73.5 Å². The summed E-state index contributed by atoms with van der Waals surface area (Å²) in [7, 11) is 0. The fraction of sp³-hybridized carbons (Fsp3) is 0.875. The number of allylic oxidation sites excluding steroid dienone is 3. The quantitative estimate of drug-likeness (QED) is 0.109. The molecule has 4 rings (SSSR count). The molecule has 3 saturated carbocycles. The number of unbranched alkanes of at least 4 members (excludes halogenated alkanes) is 5. The number of carbonyl (C=O) groups excluding carboxylic acids is 1. The first-order valence-corrected chi connectivity index (χ1v) is 18.6. The summed E-state index contributed by atoms with van der Waals surface area (Å²) in [4.78, 5) is 12.7. The van der Waals surface area contributed by atoms with Gasteiger partial charge >= 0.3 is 5.97 Å². The first-order chi connectivity index (χ1) is 20.1. The summed E-state index contributed by atoms with van der Waals surface area (Å²) in [5.74, 6) is 6.08. The molecule has 0 bridgehead atoms. The Kier molecular flexibility index (Phi) is 12.3. The van der Waals surface area contributed by atoms with Gasteiger partial charge in [-0.3, -0.25) is 4.79 Å². The molecule has 0 aliphatic heterocycles. The van der Waals surface area contributed by atoms with Crippen LogP contribution in [-0.2, 0) is 9.53 Å². The highest BCUT2D eigenvalue weighted by molar-refractivity contribution is 5.69. The average Bonchev–Trinajstić information content (AvgIpc) is 3.32. The second-order valence-electron chi connectivity index (χ2n) is 16.3. The second-order valence-corrected chi connectivity index (χ2v) is 16.3. The molecule has 2 nitrogen and oxygen atoms in total. The van der Waals surface area contributed by atoms with Crippen molar-refractivity contribution in [2.24, 2.45) is 52.3 Å². The van der Waals surface area contributed by atoms with Gasteiger partial charge in [0.2, 0.25) is 0 Å². The summed E-state index contributed by atoms with van der Waals surface area (Å²) in [5.41, 5.74) is 2.51. The second kappa shape index (κ2) is 15.3. The number of hydrogen-bond acceptors (Lipinski definition) is 2. The third kappa shape index (κ3) is 7.77. The Bertz CT molecular complexity index is 915. The zero-order valence-electron chi connectivity index (χ0n) is 28.9. The monoisotopic (exact) mass is 581 g/mol. The summed E-state index contributed by atoms with van der Waals surface area (Å²) in [6.45, 7) is 17.3. The maximum absolute atomic E-state index is 12.7. The first-order valence-electron chi connectivity index (χ1n) is 18.6. The largest absolute Gasteiger partial charge is 0.462 e. The van der Waals surface area contributed by atoms with Crippen molar-refractivity contribution in [2.45, 2.75) is 170 Å². The Morgan fingerprint density at radius 3 is 2.45 bits per heavy atom. The van der Waals surface area contributed by atoms with Gasteiger partial charge in [0, 0.05) is 12.8 Å². The molecule has 0 spiro atoms. The average molecular weight is 581 g/mol. The molecule has 0 amide bonds. The summed E-state index contributed by atoms with van der Waals surface area (Å²) in [5, 5.41) is 0. The minimum Gasteiger partial charge on any atom is -0.462 e. The van der Waals surface area contributed by atoms with E-state index in [-0.39, 0.29) is 12.1 Å². The van der Waals surface area contributed by atoms with Crippen LogP contribution in [0.2, 0.25) is 0 Å². The highest BCUT2D eigenvalue weighted by atomic mass is 16.5. The summed E-state index contributed by atoms with van der Waals surface area (Å²) in [6.07, 6.45) is 29.3. The lowest BCUT2D eigenvalue weighted by Gasteiger charge is -2.58. The summed E-state index contributed by atoms with van der Waals surface area (Å²) >= 11 is 0. The number of ether oxygens (including phenoxy) is 1. The lowest BCUT2D eigenvalue weighted by molar-refractivity contribution is -0.151. The van der Waals surface area contributed by atoms with Crippen LogP contribution in [-0.4, -0.2) is 12.1 Å². The van der Waals surface area contributed by atoms with Crippen molar-refractivity contribution in [3.05, 3.63) is 23.8 Å². The van der Waals surface area contributed by atoms with E-state index >= 15 is 0 Å². The molecule has 0 aromatic rings. The van der Waals surface area contributed by atoms with Gasteiger partial charge < -0.3 is 4.74 Å².